The Morgan fingerprint density at radius 2 is 2.46 bits per heavy atom. The molecule has 0 saturated carbocycles. The van der Waals surface area contributed by atoms with Gasteiger partial charge >= 0.3 is 0 Å². The largest absolute Gasteiger partial charge is 0.379 e. The molecule has 1 N–H and O–H groups in total. The zero-order valence-electron chi connectivity index (χ0n) is 7.95. The van der Waals surface area contributed by atoms with Crippen LogP contribution < -0.4 is 5.32 Å². The summed E-state index contributed by atoms with van der Waals surface area (Å²) in [6.45, 7) is 5.00. The standard InChI is InChI=1S/C9H16N2O2/c1-7-4-10-5-9(12)11(7)8-2-3-13-6-8/h7-8,10H,2-6H2,1H3/t7?,8-/m0/s1. The summed E-state index contributed by atoms with van der Waals surface area (Å²) in [6, 6.07) is 0.637. The molecule has 2 saturated heterocycles. The molecule has 0 aliphatic carbocycles. The predicted molar refractivity (Wildman–Crippen MR) is 48.4 cm³/mol. The van der Waals surface area contributed by atoms with Crippen LogP contribution in [0.3, 0.4) is 0 Å². The first kappa shape index (κ1) is 8.97. The van der Waals surface area contributed by atoms with Gasteiger partial charge in [-0.1, -0.05) is 0 Å². The van der Waals surface area contributed by atoms with Crippen LogP contribution in [0.1, 0.15) is 13.3 Å². The van der Waals surface area contributed by atoms with Crippen LogP contribution in [0, 0.1) is 0 Å². The van der Waals surface area contributed by atoms with Crippen LogP contribution in [0.25, 0.3) is 0 Å². The monoisotopic (exact) mass is 184 g/mol. The van der Waals surface area contributed by atoms with Crippen LogP contribution in [0.5, 0.6) is 0 Å². The Labute approximate surface area is 78.2 Å². The van der Waals surface area contributed by atoms with Gasteiger partial charge in [0, 0.05) is 19.2 Å². The molecule has 2 rings (SSSR count). The van der Waals surface area contributed by atoms with Gasteiger partial charge in [0.1, 0.15) is 0 Å². The molecule has 13 heavy (non-hydrogen) atoms. The minimum absolute atomic E-state index is 0.217. The lowest BCUT2D eigenvalue weighted by molar-refractivity contribution is -0.137. The van der Waals surface area contributed by atoms with Crippen molar-refractivity contribution in [2.24, 2.45) is 0 Å². The van der Waals surface area contributed by atoms with Crippen molar-refractivity contribution in [3.8, 4) is 0 Å². The van der Waals surface area contributed by atoms with Gasteiger partial charge in [-0.2, -0.15) is 0 Å². The van der Waals surface area contributed by atoms with Gasteiger partial charge in [0.25, 0.3) is 0 Å². The molecule has 0 spiro atoms. The molecule has 4 nitrogen and oxygen atoms in total. The molecule has 1 amide bonds. The van der Waals surface area contributed by atoms with E-state index < -0.39 is 0 Å². The van der Waals surface area contributed by atoms with Crippen molar-refractivity contribution in [3.05, 3.63) is 0 Å². The Hall–Kier alpha value is -0.610. The Balaban J connectivity index is 2.04. The highest BCUT2D eigenvalue weighted by atomic mass is 16.5. The molecule has 4 heteroatoms. The summed E-state index contributed by atoms with van der Waals surface area (Å²) in [6.07, 6.45) is 0.996. The van der Waals surface area contributed by atoms with Crippen LogP contribution in [-0.2, 0) is 9.53 Å². The maximum absolute atomic E-state index is 11.6. The van der Waals surface area contributed by atoms with Gasteiger partial charge in [0.15, 0.2) is 0 Å². The van der Waals surface area contributed by atoms with E-state index in [4.69, 9.17) is 4.74 Å². The van der Waals surface area contributed by atoms with Crippen molar-refractivity contribution in [2.45, 2.75) is 25.4 Å². The molecule has 2 aliphatic rings. The SMILES string of the molecule is CC1CNCC(=O)N1[C@H]1CCOC1. The summed E-state index contributed by atoms with van der Waals surface area (Å²) in [4.78, 5) is 13.6. The fraction of sp³-hybridized carbons (Fsp3) is 0.889. The highest BCUT2D eigenvalue weighted by Gasteiger charge is 2.32. The first-order valence-corrected chi connectivity index (χ1v) is 4.88. The molecule has 74 valence electrons. The van der Waals surface area contributed by atoms with E-state index >= 15 is 0 Å². The van der Waals surface area contributed by atoms with E-state index in [0.717, 1.165) is 26.2 Å². The molecule has 1 unspecified atom stereocenters. The number of piperazine rings is 1. The van der Waals surface area contributed by atoms with Crippen LogP contribution in [-0.4, -0.2) is 49.2 Å². The molecule has 0 aromatic carbocycles. The molecule has 2 fully saturated rings. The third-order valence-corrected chi connectivity index (χ3v) is 2.78. The van der Waals surface area contributed by atoms with Crippen molar-refractivity contribution in [1.29, 1.82) is 0 Å². The van der Waals surface area contributed by atoms with Crippen molar-refractivity contribution in [1.82, 2.24) is 10.2 Å². The lowest BCUT2D eigenvalue weighted by Gasteiger charge is -2.37. The van der Waals surface area contributed by atoms with Crippen molar-refractivity contribution in [3.63, 3.8) is 0 Å². The van der Waals surface area contributed by atoms with Crippen LogP contribution >= 0.6 is 0 Å². The average molecular weight is 184 g/mol. The zero-order valence-corrected chi connectivity index (χ0v) is 7.95. The van der Waals surface area contributed by atoms with Crippen LogP contribution in [0.15, 0.2) is 0 Å². The number of carbonyl (C=O) groups is 1. The van der Waals surface area contributed by atoms with Crippen LogP contribution in [0.2, 0.25) is 0 Å². The van der Waals surface area contributed by atoms with Crippen molar-refractivity contribution >= 4 is 5.91 Å². The number of amides is 1. The summed E-state index contributed by atoms with van der Waals surface area (Å²) >= 11 is 0. The minimum atomic E-state index is 0.217. The number of hydrogen-bond donors (Lipinski definition) is 1. The maximum atomic E-state index is 11.6. The summed E-state index contributed by atoms with van der Waals surface area (Å²) in [5, 5.41) is 3.11. The van der Waals surface area contributed by atoms with E-state index in [9.17, 15) is 4.79 Å². The third-order valence-electron chi connectivity index (χ3n) is 2.78. The first-order chi connectivity index (χ1) is 6.29. The second-order valence-electron chi connectivity index (χ2n) is 3.80. The normalized spacial score (nSPS) is 35.5. The number of carbonyl (C=O) groups excluding carboxylic acids is 1. The fourth-order valence-electron chi connectivity index (χ4n) is 2.13. The molecular formula is C9H16N2O2. The van der Waals surface area contributed by atoms with Crippen LogP contribution in [0.4, 0.5) is 0 Å². The second kappa shape index (κ2) is 3.64. The Morgan fingerprint density at radius 3 is 3.08 bits per heavy atom. The Bertz CT molecular complexity index is 202. The summed E-state index contributed by atoms with van der Waals surface area (Å²) in [5.74, 6) is 0.217. The molecule has 2 atom stereocenters. The maximum Gasteiger partial charge on any atom is 0.237 e. The van der Waals surface area contributed by atoms with Crippen molar-refractivity contribution < 1.29 is 9.53 Å². The van der Waals surface area contributed by atoms with Crippen molar-refractivity contribution in [2.75, 3.05) is 26.3 Å². The van der Waals surface area contributed by atoms with Gasteiger partial charge in [0.2, 0.25) is 5.91 Å². The van der Waals surface area contributed by atoms with E-state index in [0.29, 0.717) is 18.6 Å². The molecule has 2 aliphatic heterocycles. The van der Waals surface area contributed by atoms with E-state index in [2.05, 4.69) is 12.2 Å². The molecule has 0 aromatic heterocycles. The lowest BCUT2D eigenvalue weighted by atomic mass is 10.1. The second-order valence-corrected chi connectivity index (χ2v) is 3.80. The van der Waals surface area contributed by atoms with E-state index in [1.807, 2.05) is 4.90 Å². The number of rotatable bonds is 1. The van der Waals surface area contributed by atoms with Gasteiger partial charge in [-0.15, -0.1) is 0 Å². The topological polar surface area (TPSA) is 41.6 Å². The third kappa shape index (κ3) is 1.69. The molecular weight excluding hydrogens is 168 g/mol. The van der Waals surface area contributed by atoms with Gasteiger partial charge in [0.05, 0.1) is 19.2 Å². The van der Waals surface area contributed by atoms with Gasteiger partial charge in [-0.3, -0.25) is 4.79 Å². The Morgan fingerprint density at radius 1 is 1.62 bits per heavy atom. The molecule has 0 aromatic rings. The molecule has 0 radical (unpaired) electrons. The minimum Gasteiger partial charge on any atom is -0.379 e. The first-order valence-electron chi connectivity index (χ1n) is 4.88. The van der Waals surface area contributed by atoms with Gasteiger partial charge in [-0.05, 0) is 13.3 Å². The molecule has 2 heterocycles. The van der Waals surface area contributed by atoms with E-state index in [1.165, 1.54) is 0 Å². The number of nitrogens with one attached hydrogen (secondary N) is 1. The predicted octanol–water partition coefficient (Wildman–Crippen LogP) is -0.404. The fourth-order valence-corrected chi connectivity index (χ4v) is 2.13. The van der Waals surface area contributed by atoms with Gasteiger partial charge in [-0.25, -0.2) is 0 Å². The number of ether oxygens (including phenoxy) is 1. The number of nitrogens with zero attached hydrogens (tertiary/aromatic N) is 1. The smallest absolute Gasteiger partial charge is 0.237 e. The average Bonchev–Trinajstić information content (AvgIpc) is 2.57. The highest BCUT2D eigenvalue weighted by Crippen LogP contribution is 2.17. The highest BCUT2D eigenvalue weighted by molar-refractivity contribution is 5.79. The number of hydrogen-bond acceptors (Lipinski definition) is 3. The van der Waals surface area contributed by atoms with Gasteiger partial charge < -0.3 is 15.0 Å². The summed E-state index contributed by atoms with van der Waals surface area (Å²) in [5.41, 5.74) is 0. The van der Waals surface area contributed by atoms with E-state index in [-0.39, 0.29) is 5.91 Å². The lowest BCUT2D eigenvalue weighted by Crippen LogP contribution is -2.57. The Kier molecular flexibility index (Phi) is 2.51. The quantitative estimate of drug-likeness (QED) is 0.602. The zero-order chi connectivity index (χ0) is 9.26. The molecule has 0 bridgehead atoms. The van der Waals surface area contributed by atoms with E-state index in [1.54, 1.807) is 0 Å². The summed E-state index contributed by atoms with van der Waals surface area (Å²) < 4.78 is 5.29. The summed E-state index contributed by atoms with van der Waals surface area (Å²) in [7, 11) is 0.